The molecule has 2 aromatic carbocycles. The molecule has 0 aliphatic carbocycles. The van der Waals surface area contributed by atoms with Gasteiger partial charge in [0.1, 0.15) is 6.04 Å². The number of anilines is 1. The number of nitro benzene ring substituents is 1. The molecule has 9 heteroatoms. The van der Waals surface area contributed by atoms with E-state index in [1.54, 1.807) is 0 Å². The lowest BCUT2D eigenvalue weighted by atomic mass is 9.94. The van der Waals surface area contributed by atoms with E-state index >= 15 is 0 Å². The van der Waals surface area contributed by atoms with Crippen LogP contribution in [0.2, 0.25) is 0 Å². The van der Waals surface area contributed by atoms with E-state index in [1.165, 1.54) is 25.1 Å². The van der Waals surface area contributed by atoms with Gasteiger partial charge in [-0.1, -0.05) is 36.4 Å². The van der Waals surface area contributed by atoms with Crippen LogP contribution in [0.4, 0.5) is 11.4 Å². The molecule has 156 valence electrons. The predicted molar refractivity (Wildman–Crippen MR) is 112 cm³/mol. The smallest absolute Gasteiger partial charge is 0.271 e. The first-order chi connectivity index (χ1) is 13.4. The number of non-ortho nitro benzene ring substituents is 1. The molecule has 0 aliphatic rings. The number of carbonyl (C=O) groups is 1. The quantitative estimate of drug-likeness (QED) is 0.523. The van der Waals surface area contributed by atoms with Crippen molar-refractivity contribution < 1.29 is 18.1 Å². The largest absolute Gasteiger partial charge is 0.349 e. The summed E-state index contributed by atoms with van der Waals surface area (Å²) in [5, 5.41) is 13.9. The van der Waals surface area contributed by atoms with Gasteiger partial charge in [0.25, 0.3) is 5.69 Å². The van der Waals surface area contributed by atoms with Crippen molar-refractivity contribution in [3.05, 3.63) is 70.3 Å². The van der Waals surface area contributed by atoms with Crippen LogP contribution in [0, 0.1) is 10.1 Å². The van der Waals surface area contributed by atoms with Gasteiger partial charge in [-0.05, 0) is 38.8 Å². The third kappa shape index (κ3) is 6.02. The molecular formula is C20H25N3O5S. The minimum Gasteiger partial charge on any atom is -0.349 e. The molecule has 0 radical (unpaired) electrons. The van der Waals surface area contributed by atoms with Gasteiger partial charge in [0.05, 0.1) is 16.9 Å². The molecule has 29 heavy (non-hydrogen) atoms. The topological polar surface area (TPSA) is 110 Å². The summed E-state index contributed by atoms with van der Waals surface area (Å²) >= 11 is 0. The maximum absolute atomic E-state index is 12.9. The average molecular weight is 420 g/mol. The number of benzene rings is 2. The summed E-state index contributed by atoms with van der Waals surface area (Å²) in [4.78, 5) is 23.3. The molecule has 0 aliphatic heterocycles. The highest BCUT2D eigenvalue weighted by Crippen LogP contribution is 2.25. The van der Waals surface area contributed by atoms with Crippen LogP contribution in [0.5, 0.6) is 0 Å². The van der Waals surface area contributed by atoms with Gasteiger partial charge in [-0.15, -0.1) is 0 Å². The molecule has 0 saturated carbocycles. The maximum atomic E-state index is 12.9. The van der Waals surface area contributed by atoms with E-state index in [2.05, 4.69) is 5.32 Å². The number of nitro groups is 1. The summed E-state index contributed by atoms with van der Waals surface area (Å²) in [6.45, 7) is 5.15. The predicted octanol–water partition coefficient (Wildman–Crippen LogP) is 2.89. The monoisotopic (exact) mass is 419 g/mol. The first-order valence-electron chi connectivity index (χ1n) is 9.00. The fraction of sp³-hybridized carbons (Fsp3) is 0.350. The Hall–Kier alpha value is -2.94. The molecule has 0 fully saturated rings. The van der Waals surface area contributed by atoms with E-state index in [4.69, 9.17) is 0 Å². The van der Waals surface area contributed by atoms with E-state index in [0.29, 0.717) is 6.42 Å². The number of amides is 1. The fourth-order valence-electron chi connectivity index (χ4n) is 3.14. The Bertz CT molecular complexity index is 990. The third-order valence-electron chi connectivity index (χ3n) is 4.33. The molecule has 1 N–H and O–H groups in total. The van der Waals surface area contributed by atoms with E-state index in [-0.39, 0.29) is 11.4 Å². The van der Waals surface area contributed by atoms with Crippen LogP contribution in [0.1, 0.15) is 26.3 Å². The first-order valence-corrected chi connectivity index (χ1v) is 10.9. The highest BCUT2D eigenvalue weighted by molar-refractivity contribution is 7.92. The van der Waals surface area contributed by atoms with Crippen LogP contribution >= 0.6 is 0 Å². The Morgan fingerprint density at radius 1 is 1.17 bits per heavy atom. The average Bonchev–Trinajstić information content (AvgIpc) is 2.60. The third-order valence-corrected chi connectivity index (χ3v) is 5.58. The molecule has 1 amide bonds. The van der Waals surface area contributed by atoms with Crippen LogP contribution in [0.15, 0.2) is 54.6 Å². The lowest BCUT2D eigenvalue weighted by Crippen LogP contribution is -2.54. The Morgan fingerprint density at radius 3 is 2.34 bits per heavy atom. The van der Waals surface area contributed by atoms with Gasteiger partial charge in [-0.25, -0.2) is 8.42 Å². The normalized spacial score (nSPS) is 12.8. The minimum atomic E-state index is -3.87. The van der Waals surface area contributed by atoms with Crippen LogP contribution < -0.4 is 9.62 Å². The number of rotatable bonds is 8. The number of hydrogen-bond donors (Lipinski definition) is 1. The summed E-state index contributed by atoms with van der Waals surface area (Å²) in [5.41, 5.74) is 0.209. The van der Waals surface area contributed by atoms with Crippen LogP contribution in [-0.2, 0) is 21.2 Å². The van der Waals surface area contributed by atoms with Gasteiger partial charge in [-0.3, -0.25) is 19.2 Å². The molecule has 2 rings (SSSR count). The number of carbonyl (C=O) groups excluding carboxylic acids is 1. The van der Waals surface area contributed by atoms with Gasteiger partial charge in [0.2, 0.25) is 15.9 Å². The van der Waals surface area contributed by atoms with Gasteiger partial charge in [0.15, 0.2) is 0 Å². The number of nitrogens with zero attached hydrogens (tertiary/aromatic N) is 2. The van der Waals surface area contributed by atoms with Gasteiger partial charge in [-0.2, -0.15) is 0 Å². The molecule has 0 bridgehead atoms. The van der Waals surface area contributed by atoms with Gasteiger partial charge >= 0.3 is 0 Å². The standard InChI is InChI=1S/C20H25N3O5S/c1-15(19(24)21-20(2,3)14-16-9-6-5-7-10-16)22(29(4,27)28)17-11-8-12-18(13-17)23(25)26/h5-13,15H,14H2,1-4H3,(H,21,24). The van der Waals surface area contributed by atoms with Crippen molar-refractivity contribution in [2.45, 2.75) is 38.8 Å². The Balaban J connectivity index is 2.27. The summed E-state index contributed by atoms with van der Waals surface area (Å²) in [5.74, 6) is -0.497. The van der Waals surface area contributed by atoms with E-state index < -0.39 is 32.4 Å². The zero-order valence-corrected chi connectivity index (χ0v) is 17.6. The molecule has 0 spiro atoms. The number of nitrogens with one attached hydrogen (secondary N) is 1. The minimum absolute atomic E-state index is 0.0604. The molecule has 8 nitrogen and oxygen atoms in total. The van der Waals surface area contributed by atoms with Gasteiger partial charge < -0.3 is 5.32 Å². The number of hydrogen-bond acceptors (Lipinski definition) is 5. The first kappa shape index (κ1) is 22.4. The van der Waals surface area contributed by atoms with Crippen LogP contribution in [0.3, 0.4) is 0 Å². The summed E-state index contributed by atoms with van der Waals surface area (Å²) < 4.78 is 25.7. The maximum Gasteiger partial charge on any atom is 0.271 e. The Kier molecular flexibility index (Phi) is 6.63. The highest BCUT2D eigenvalue weighted by atomic mass is 32.2. The van der Waals surface area contributed by atoms with Crippen molar-refractivity contribution in [2.24, 2.45) is 0 Å². The van der Waals surface area contributed by atoms with Crippen molar-refractivity contribution in [1.82, 2.24) is 5.32 Å². The zero-order chi connectivity index (χ0) is 21.8. The molecule has 2 aromatic rings. The molecule has 0 saturated heterocycles. The van der Waals surface area contributed by atoms with Crippen LogP contribution in [-0.4, -0.2) is 37.1 Å². The van der Waals surface area contributed by atoms with E-state index in [0.717, 1.165) is 22.2 Å². The molecular weight excluding hydrogens is 394 g/mol. The van der Waals surface area contributed by atoms with Crippen LogP contribution in [0.25, 0.3) is 0 Å². The highest BCUT2D eigenvalue weighted by Gasteiger charge is 2.32. The van der Waals surface area contributed by atoms with Crippen molar-refractivity contribution in [3.8, 4) is 0 Å². The fourth-order valence-corrected chi connectivity index (χ4v) is 4.31. The Labute approximate surface area is 170 Å². The summed E-state index contributed by atoms with van der Waals surface area (Å²) in [6, 6.07) is 13.7. The lowest BCUT2D eigenvalue weighted by Gasteiger charge is -2.32. The second-order valence-corrected chi connectivity index (χ2v) is 9.41. The second-order valence-electron chi connectivity index (χ2n) is 7.55. The molecule has 0 heterocycles. The SMILES string of the molecule is CC(C(=O)NC(C)(C)Cc1ccccc1)N(c1cccc([N+](=O)[O-])c1)S(C)(=O)=O. The van der Waals surface area contributed by atoms with E-state index in [1.807, 2.05) is 44.2 Å². The van der Waals surface area contributed by atoms with Crippen molar-refractivity contribution in [1.29, 1.82) is 0 Å². The van der Waals surface area contributed by atoms with Crippen molar-refractivity contribution >= 4 is 27.3 Å². The number of sulfonamides is 1. The molecule has 1 unspecified atom stereocenters. The summed E-state index contributed by atoms with van der Waals surface area (Å²) in [7, 11) is -3.87. The molecule has 1 atom stereocenters. The van der Waals surface area contributed by atoms with Gasteiger partial charge in [0, 0.05) is 17.7 Å². The Morgan fingerprint density at radius 2 is 1.79 bits per heavy atom. The summed E-state index contributed by atoms with van der Waals surface area (Å²) in [6.07, 6.45) is 1.52. The van der Waals surface area contributed by atoms with E-state index in [9.17, 15) is 23.3 Å². The second kappa shape index (κ2) is 8.60. The van der Waals surface area contributed by atoms with Crippen molar-refractivity contribution in [2.75, 3.05) is 10.6 Å². The zero-order valence-electron chi connectivity index (χ0n) is 16.8. The lowest BCUT2D eigenvalue weighted by molar-refractivity contribution is -0.384. The van der Waals surface area contributed by atoms with Crippen molar-refractivity contribution in [3.63, 3.8) is 0 Å². The molecule has 0 aromatic heterocycles.